The van der Waals surface area contributed by atoms with Crippen molar-refractivity contribution in [2.45, 2.75) is 6.42 Å². The molecule has 0 saturated carbocycles. The van der Waals surface area contributed by atoms with Crippen LogP contribution in [0.1, 0.15) is 16.2 Å². The summed E-state index contributed by atoms with van der Waals surface area (Å²) in [7, 11) is 0. The van der Waals surface area contributed by atoms with Gasteiger partial charge in [0.2, 0.25) is 11.8 Å². The van der Waals surface area contributed by atoms with Gasteiger partial charge in [0.15, 0.2) is 0 Å². The van der Waals surface area contributed by atoms with E-state index in [1.165, 1.54) is 24.3 Å². The zero-order chi connectivity index (χ0) is 16.1. The van der Waals surface area contributed by atoms with E-state index in [0.717, 1.165) is 5.56 Å². The van der Waals surface area contributed by atoms with Gasteiger partial charge in [-0.2, -0.15) is 0 Å². The Morgan fingerprint density at radius 1 is 1.09 bits per heavy atom. The SMILES string of the molecule is O=C(NCCc1nnc(-c2ccncc2)o1)c1ccc(F)cc1. The largest absolute Gasteiger partial charge is 0.421 e. The van der Waals surface area contributed by atoms with Gasteiger partial charge in [-0.25, -0.2) is 4.39 Å². The number of halogens is 1. The van der Waals surface area contributed by atoms with Crippen molar-refractivity contribution < 1.29 is 13.6 Å². The van der Waals surface area contributed by atoms with E-state index in [2.05, 4.69) is 20.5 Å². The van der Waals surface area contributed by atoms with Crippen molar-refractivity contribution in [3.63, 3.8) is 0 Å². The molecule has 0 unspecified atom stereocenters. The van der Waals surface area contributed by atoms with Crippen LogP contribution in [0.3, 0.4) is 0 Å². The van der Waals surface area contributed by atoms with Crippen LogP contribution in [0.25, 0.3) is 11.5 Å². The Morgan fingerprint density at radius 2 is 1.83 bits per heavy atom. The molecule has 7 heteroatoms. The maximum absolute atomic E-state index is 12.8. The van der Waals surface area contributed by atoms with E-state index in [-0.39, 0.29) is 11.7 Å². The summed E-state index contributed by atoms with van der Waals surface area (Å²) in [4.78, 5) is 15.8. The summed E-state index contributed by atoms with van der Waals surface area (Å²) in [5.74, 6) is 0.179. The molecule has 1 aromatic carbocycles. The van der Waals surface area contributed by atoms with Gasteiger partial charge in [-0.05, 0) is 36.4 Å². The van der Waals surface area contributed by atoms with E-state index in [1.54, 1.807) is 24.5 Å². The van der Waals surface area contributed by atoms with Gasteiger partial charge >= 0.3 is 0 Å². The van der Waals surface area contributed by atoms with E-state index >= 15 is 0 Å². The molecule has 0 aliphatic carbocycles. The van der Waals surface area contributed by atoms with Crippen LogP contribution in [0.4, 0.5) is 4.39 Å². The van der Waals surface area contributed by atoms with Gasteiger partial charge in [0.25, 0.3) is 5.91 Å². The predicted molar refractivity (Wildman–Crippen MR) is 80.0 cm³/mol. The second-order valence-electron chi connectivity index (χ2n) is 4.75. The second-order valence-corrected chi connectivity index (χ2v) is 4.75. The van der Waals surface area contributed by atoms with Crippen molar-refractivity contribution in [3.05, 3.63) is 66.1 Å². The van der Waals surface area contributed by atoms with Crippen LogP contribution in [0.2, 0.25) is 0 Å². The third-order valence-corrected chi connectivity index (χ3v) is 3.12. The zero-order valence-electron chi connectivity index (χ0n) is 12.1. The minimum absolute atomic E-state index is 0.279. The molecule has 1 amide bonds. The molecule has 0 spiro atoms. The summed E-state index contributed by atoms with van der Waals surface area (Å²) >= 11 is 0. The quantitative estimate of drug-likeness (QED) is 0.781. The average molecular weight is 312 g/mol. The lowest BCUT2D eigenvalue weighted by atomic mass is 10.2. The Balaban J connectivity index is 1.54. The molecule has 1 N–H and O–H groups in total. The lowest BCUT2D eigenvalue weighted by molar-refractivity contribution is 0.0953. The van der Waals surface area contributed by atoms with Crippen molar-refractivity contribution in [2.75, 3.05) is 6.54 Å². The van der Waals surface area contributed by atoms with Gasteiger partial charge in [-0.1, -0.05) is 0 Å². The lowest BCUT2D eigenvalue weighted by Crippen LogP contribution is -2.25. The Labute approximate surface area is 131 Å². The van der Waals surface area contributed by atoms with Crippen LogP contribution in [-0.4, -0.2) is 27.6 Å². The fourth-order valence-corrected chi connectivity index (χ4v) is 1.95. The molecule has 3 aromatic rings. The highest BCUT2D eigenvalue weighted by Crippen LogP contribution is 2.16. The number of hydrogen-bond donors (Lipinski definition) is 1. The monoisotopic (exact) mass is 312 g/mol. The minimum atomic E-state index is -0.379. The number of benzene rings is 1. The van der Waals surface area contributed by atoms with Crippen molar-refractivity contribution in [2.24, 2.45) is 0 Å². The van der Waals surface area contributed by atoms with Gasteiger partial charge in [0, 0.05) is 36.5 Å². The first-order chi connectivity index (χ1) is 11.2. The number of nitrogens with zero attached hydrogens (tertiary/aromatic N) is 3. The lowest BCUT2D eigenvalue weighted by Gasteiger charge is -2.03. The molecule has 0 radical (unpaired) electrons. The van der Waals surface area contributed by atoms with E-state index in [0.29, 0.717) is 30.3 Å². The predicted octanol–water partition coefficient (Wildman–Crippen LogP) is 2.24. The van der Waals surface area contributed by atoms with Gasteiger partial charge in [-0.15, -0.1) is 10.2 Å². The van der Waals surface area contributed by atoms with Gasteiger partial charge in [0.05, 0.1) is 0 Å². The standard InChI is InChI=1S/C16H13FN4O2/c17-13-3-1-11(2-4-13)15(22)19-10-7-14-20-21-16(23-14)12-5-8-18-9-6-12/h1-6,8-9H,7,10H2,(H,19,22). The van der Waals surface area contributed by atoms with Crippen molar-refractivity contribution >= 4 is 5.91 Å². The highest BCUT2D eigenvalue weighted by molar-refractivity contribution is 5.94. The van der Waals surface area contributed by atoms with Crippen molar-refractivity contribution in [1.82, 2.24) is 20.5 Å². The first-order valence-corrected chi connectivity index (χ1v) is 6.99. The zero-order valence-corrected chi connectivity index (χ0v) is 12.1. The Hall–Kier alpha value is -3.09. The molecule has 2 aromatic heterocycles. The number of amides is 1. The van der Waals surface area contributed by atoms with E-state index in [4.69, 9.17) is 4.42 Å². The summed E-state index contributed by atoms with van der Waals surface area (Å²) in [6.07, 6.45) is 3.69. The third-order valence-electron chi connectivity index (χ3n) is 3.12. The summed E-state index contributed by atoms with van der Waals surface area (Å²) in [6.45, 7) is 0.341. The number of rotatable bonds is 5. The number of aromatic nitrogens is 3. The summed E-state index contributed by atoms with van der Waals surface area (Å²) < 4.78 is 18.3. The third kappa shape index (κ3) is 3.76. The number of carbonyl (C=O) groups is 1. The van der Waals surface area contributed by atoms with Gasteiger partial charge in [-0.3, -0.25) is 9.78 Å². The number of nitrogens with one attached hydrogen (secondary N) is 1. The van der Waals surface area contributed by atoms with Gasteiger partial charge < -0.3 is 9.73 Å². The highest BCUT2D eigenvalue weighted by atomic mass is 19.1. The molecular weight excluding hydrogens is 299 g/mol. The van der Waals surface area contributed by atoms with Crippen molar-refractivity contribution in [1.29, 1.82) is 0 Å². The van der Waals surface area contributed by atoms with Crippen LogP contribution in [-0.2, 0) is 6.42 Å². The normalized spacial score (nSPS) is 10.5. The second kappa shape index (κ2) is 6.78. The Kier molecular flexibility index (Phi) is 4.37. The molecule has 0 aliphatic heterocycles. The molecule has 0 bridgehead atoms. The molecule has 6 nitrogen and oxygen atoms in total. The van der Waals surface area contributed by atoms with Crippen LogP contribution in [0.5, 0.6) is 0 Å². The van der Waals surface area contributed by atoms with E-state index in [1.807, 2.05) is 0 Å². The van der Waals surface area contributed by atoms with Crippen LogP contribution in [0, 0.1) is 5.82 Å². The highest BCUT2D eigenvalue weighted by Gasteiger charge is 2.09. The molecule has 2 heterocycles. The van der Waals surface area contributed by atoms with Crippen molar-refractivity contribution in [3.8, 4) is 11.5 Å². The fourth-order valence-electron chi connectivity index (χ4n) is 1.95. The smallest absolute Gasteiger partial charge is 0.251 e. The topological polar surface area (TPSA) is 80.9 Å². The molecule has 3 rings (SSSR count). The molecule has 116 valence electrons. The first kappa shape index (κ1) is 14.8. The van der Waals surface area contributed by atoms with Crippen LogP contribution < -0.4 is 5.32 Å². The molecule has 0 atom stereocenters. The summed E-state index contributed by atoms with van der Waals surface area (Å²) in [6, 6.07) is 8.89. The number of hydrogen-bond acceptors (Lipinski definition) is 5. The fraction of sp³-hybridized carbons (Fsp3) is 0.125. The number of carbonyl (C=O) groups excluding carboxylic acids is 1. The minimum Gasteiger partial charge on any atom is -0.421 e. The molecule has 23 heavy (non-hydrogen) atoms. The van der Waals surface area contributed by atoms with Gasteiger partial charge in [0.1, 0.15) is 5.82 Å². The summed E-state index contributed by atoms with van der Waals surface area (Å²) in [5, 5.41) is 10.6. The molecule has 0 aliphatic rings. The average Bonchev–Trinajstić information content (AvgIpc) is 3.05. The first-order valence-electron chi connectivity index (χ1n) is 6.99. The molecular formula is C16H13FN4O2. The summed E-state index contributed by atoms with van der Waals surface area (Å²) in [5.41, 5.74) is 1.18. The van der Waals surface area contributed by atoms with Crippen LogP contribution >= 0.6 is 0 Å². The van der Waals surface area contributed by atoms with E-state index in [9.17, 15) is 9.18 Å². The number of pyridine rings is 1. The Bertz CT molecular complexity index is 787. The molecule has 0 saturated heterocycles. The van der Waals surface area contributed by atoms with E-state index < -0.39 is 0 Å². The maximum Gasteiger partial charge on any atom is 0.251 e. The van der Waals surface area contributed by atoms with Crippen LogP contribution in [0.15, 0.2) is 53.2 Å². The Morgan fingerprint density at radius 3 is 2.57 bits per heavy atom. The molecule has 0 fully saturated rings. The maximum atomic E-state index is 12.8.